The molecule has 0 aliphatic heterocycles. The fourth-order valence-electron chi connectivity index (χ4n) is 1.92. The van der Waals surface area contributed by atoms with Gasteiger partial charge in [-0.25, -0.2) is 0 Å². The van der Waals surface area contributed by atoms with Crippen LogP contribution in [0.2, 0.25) is 0 Å². The van der Waals surface area contributed by atoms with Crippen molar-refractivity contribution in [2.75, 3.05) is 19.7 Å². The number of nitrogens with zero attached hydrogens (tertiary/aromatic N) is 1. The van der Waals surface area contributed by atoms with Crippen LogP contribution in [0.4, 0.5) is 5.69 Å². The highest BCUT2D eigenvalue weighted by molar-refractivity contribution is 5.39. The summed E-state index contributed by atoms with van der Waals surface area (Å²) in [6, 6.07) is 6.91. The average molecular weight is 280 g/mol. The number of benzene rings is 1. The van der Waals surface area contributed by atoms with Gasteiger partial charge in [-0.15, -0.1) is 0 Å². The SMILES string of the molecule is CC(C)OCCCCNCCc1ccccc1[N+](=O)[O-]. The quantitative estimate of drug-likeness (QED) is 0.406. The fraction of sp³-hybridized carbons (Fsp3) is 0.600. The normalized spacial score (nSPS) is 10.9. The minimum Gasteiger partial charge on any atom is -0.379 e. The zero-order valence-corrected chi connectivity index (χ0v) is 12.3. The maximum atomic E-state index is 10.9. The Bertz CT molecular complexity index is 408. The van der Waals surface area contributed by atoms with E-state index in [0.29, 0.717) is 12.5 Å². The summed E-state index contributed by atoms with van der Waals surface area (Å²) in [6.07, 6.45) is 3.07. The van der Waals surface area contributed by atoms with Gasteiger partial charge >= 0.3 is 0 Å². The van der Waals surface area contributed by atoms with Gasteiger partial charge in [-0.3, -0.25) is 10.1 Å². The van der Waals surface area contributed by atoms with E-state index in [1.807, 2.05) is 26.0 Å². The lowest BCUT2D eigenvalue weighted by molar-refractivity contribution is -0.385. The van der Waals surface area contributed by atoms with E-state index >= 15 is 0 Å². The van der Waals surface area contributed by atoms with Gasteiger partial charge in [-0.05, 0) is 46.2 Å². The number of ether oxygens (including phenoxy) is 1. The highest BCUT2D eigenvalue weighted by Gasteiger charge is 2.10. The molecule has 0 atom stereocenters. The van der Waals surface area contributed by atoms with Gasteiger partial charge in [0, 0.05) is 18.2 Å². The molecule has 0 unspecified atom stereocenters. The van der Waals surface area contributed by atoms with Gasteiger partial charge in [0.1, 0.15) is 0 Å². The first-order chi connectivity index (χ1) is 9.61. The summed E-state index contributed by atoms with van der Waals surface area (Å²) in [5, 5.41) is 14.2. The molecular weight excluding hydrogens is 256 g/mol. The summed E-state index contributed by atoms with van der Waals surface area (Å²) in [5.41, 5.74) is 0.993. The van der Waals surface area contributed by atoms with Gasteiger partial charge in [-0.2, -0.15) is 0 Å². The highest BCUT2D eigenvalue weighted by atomic mass is 16.6. The van der Waals surface area contributed by atoms with E-state index in [9.17, 15) is 10.1 Å². The number of nitrogens with one attached hydrogen (secondary N) is 1. The van der Waals surface area contributed by atoms with Gasteiger partial charge in [-0.1, -0.05) is 18.2 Å². The number of unbranched alkanes of at least 4 members (excludes halogenated alkanes) is 1. The molecule has 0 bridgehead atoms. The van der Waals surface area contributed by atoms with E-state index in [-0.39, 0.29) is 10.6 Å². The molecule has 1 aromatic carbocycles. The molecule has 0 amide bonds. The maximum Gasteiger partial charge on any atom is 0.272 e. The van der Waals surface area contributed by atoms with Crippen LogP contribution in [0.3, 0.4) is 0 Å². The standard InChI is InChI=1S/C15H24N2O3/c1-13(2)20-12-6-5-10-16-11-9-14-7-3-4-8-15(14)17(18)19/h3-4,7-8,13,16H,5-6,9-12H2,1-2H3. The number of nitro benzene ring substituents is 1. The molecule has 5 heteroatoms. The lowest BCUT2D eigenvalue weighted by Gasteiger charge is -2.08. The van der Waals surface area contributed by atoms with E-state index in [2.05, 4.69) is 5.32 Å². The number of hydrogen-bond acceptors (Lipinski definition) is 4. The molecule has 1 rings (SSSR count). The zero-order valence-electron chi connectivity index (χ0n) is 12.3. The molecule has 0 aliphatic rings. The largest absolute Gasteiger partial charge is 0.379 e. The summed E-state index contributed by atoms with van der Waals surface area (Å²) in [7, 11) is 0. The molecule has 20 heavy (non-hydrogen) atoms. The summed E-state index contributed by atoms with van der Waals surface area (Å²) >= 11 is 0. The Morgan fingerprint density at radius 3 is 2.70 bits per heavy atom. The monoisotopic (exact) mass is 280 g/mol. The molecule has 0 aromatic heterocycles. The van der Waals surface area contributed by atoms with Crippen LogP contribution in [0, 0.1) is 10.1 Å². The second-order valence-corrected chi connectivity index (χ2v) is 5.01. The molecule has 0 radical (unpaired) electrons. The molecule has 1 N–H and O–H groups in total. The van der Waals surface area contributed by atoms with Crippen LogP contribution < -0.4 is 5.32 Å². The molecular formula is C15H24N2O3. The minimum atomic E-state index is -0.321. The first kappa shape index (κ1) is 16.6. The van der Waals surface area contributed by atoms with Crippen LogP contribution in [-0.2, 0) is 11.2 Å². The average Bonchev–Trinajstić information content (AvgIpc) is 2.41. The molecule has 0 saturated heterocycles. The first-order valence-corrected chi connectivity index (χ1v) is 7.16. The van der Waals surface area contributed by atoms with E-state index in [0.717, 1.165) is 38.1 Å². The fourth-order valence-corrected chi connectivity index (χ4v) is 1.92. The second-order valence-electron chi connectivity index (χ2n) is 5.01. The lowest BCUT2D eigenvalue weighted by atomic mass is 10.1. The third kappa shape index (κ3) is 6.63. The van der Waals surface area contributed by atoms with Crippen molar-refractivity contribution >= 4 is 5.69 Å². The van der Waals surface area contributed by atoms with Crippen LogP contribution in [0.5, 0.6) is 0 Å². The maximum absolute atomic E-state index is 10.9. The second kappa shape index (κ2) is 9.44. The van der Waals surface area contributed by atoms with Crippen LogP contribution in [-0.4, -0.2) is 30.7 Å². The molecule has 0 aliphatic carbocycles. The van der Waals surface area contributed by atoms with Crippen molar-refractivity contribution in [3.8, 4) is 0 Å². The van der Waals surface area contributed by atoms with E-state index in [1.165, 1.54) is 0 Å². The topological polar surface area (TPSA) is 64.4 Å². The summed E-state index contributed by atoms with van der Waals surface area (Å²) < 4.78 is 5.46. The van der Waals surface area contributed by atoms with Crippen LogP contribution in [0.15, 0.2) is 24.3 Å². The molecule has 0 heterocycles. The predicted octanol–water partition coefficient (Wildman–Crippen LogP) is 2.93. The van der Waals surface area contributed by atoms with E-state index in [1.54, 1.807) is 12.1 Å². The Labute approximate surface area is 120 Å². The van der Waals surface area contributed by atoms with Crippen molar-refractivity contribution in [1.29, 1.82) is 0 Å². The van der Waals surface area contributed by atoms with Gasteiger partial charge in [0.15, 0.2) is 0 Å². The van der Waals surface area contributed by atoms with Crippen LogP contribution >= 0.6 is 0 Å². The van der Waals surface area contributed by atoms with Gasteiger partial charge in [0.2, 0.25) is 0 Å². The third-order valence-electron chi connectivity index (χ3n) is 2.96. The smallest absolute Gasteiger partial charge is 0.272 e. The van der Waals surface area contributed by atoms with Crippen molar-refractivity contribution in [2.45, 2.75) is 39.2 Å². The predicted molar refractivity (Wildman–Crippen MR) is 80.0 cm³/mol. The molecule has 0 spiro atoms. The van der Waals surface area contributed by atoms with Crippen molar-refractivity contribution in [3.63, 3.8) is 0 Å². The van der Waals surface area contributed by atoms with E-state index in [4.69, 9.17) is 4.74 Å². The number of rotatable bonds is 10. The Morgan fingerprint density at radius 2 is 2.00 bits per heavy atom. The van der Waals surface area contributed by atoms with Crippen molar-refractivity contribution in [1.82, 2.24) is 5.32 Å². The van der Waals surface area contributed by atoms with Crippen LogP contribution in [0.1, 0.15) is 32.3 Å². The number of hydrogen-bond donors (Lipinski definition) is 1. The van der Waals surface area contributed by atoms with Crippen molar-refractivity contribution in [3.05, 3.63) is 39.9 Å². The highest BCUT2D eigenvalue weighted by Crippen LogP contribution is 2.17. The minimum absolute atomic E-state index is 0.208. The lowest BCUT2D eigenvalue weighted by Crippen LogP contribution is -2.19. The summed E-state index contributed by atoms with van der Waals surface area (Å²) in [4.78, 5) is 10.5. The van der Waals surface area contributed by atoms with Crippen LogP contribution in [0.25, 0.3) is 0 Å². The molecule has 0 fully saturated rings. The van der Waals surface area contributed by atoms with Gasteiger partial charge < -0.3 is 10.1 Å². The van der Waals surface area contributed by atoms with E-state index < -0.39 is 0 Å². The van der Waals surface area contributed by atoms with Gasteiger partial charge in [0.25, 0.3) is 5.69 Å². The van der Waals surface area contributed by atoms with Crippen molar-refractivity contribution < 1.29 is 9.66 Å². The Kier molecular flexibility index (Phi) is 7.84. The zero-order chi connectivity index (χ0) is 14.8. The number of nitro groups is 1. The van der Waals surface area contributed by atoms with Gasteiger partial charge in [0.05, 0.1) is 11.0 Å². The Hall–Kier alpha value is -1.46. The number of para-hydroxylation sites is 1. The molecule has 112 valence electrons. The summed E-state index contributed by atoms with van der Waals surface area (Å²) in [5.74, 6) is 0. The molecule has 1 aromatic rings. The molecule has 5 nitrogen and oxygen atoms in total. The first-order valence-electron chi connectivity index (χ1n) is 7.16. The van der Waals surface area contributed by atoms with Crippen molar-refractivity contribution in [2.24, 2.45) is 0 Å². The Morgan fingerprint density at radius 1 is 1.25 bits per heavy atom. The third-order valence-corrected chi connectivity index (χ3v) is 2.96. The summed E-state index contributed by atoms with van der Waals surface area (Å²) in [6.45, 7) is 6.54. The molecule has 0 saturated carbocycles. The Balaban J connectivity index is 2.14.